The van der Waals surface area contributed by atoms with E-state index in [0.29, 0.717) is 10.8 Å². The lowest BCUT2D eigenvalue weighted by Gasteiger charge is -2.09. The molecule has 138 valence electrons. The van der Waals surface area contributed by atoms with E-state index in [1.807, 2.05) is 62.4 Å². The number of hydrogen-bond donors (Lipinski definition) is 3. The minimum atomic E-state index is -0.544. The van der Waals surface area contributed by atoms with Crippen LogP contribution in [-0.4, -0.2) is 27.7 Å². The lowest BCUT2D eigenvalue weighted by molar-refractivity contribution is -0.117. The molecular formula is C20H20N4O2S. The number of aryl methyl sites for hydroxylation is 2. The largest absolute Gasteiger partial charge is 0.333 e. The predicted molar refractivity (Wildman–Crippen MR) is 108 cm³/mol. The number of urea groups is 1. The number of H-pyrrole nitrogens is 1. The van der Waals surface area contributed by atoms with Crippen molar-refractivity contribution in [1.29, 1.82) is 0 Å². The van der Waals surface area contributed by atoms with Crippen LogP contribution in [0.5, 0.6) is 0 Å². The zero-order chi connectivity index (χ0) is 19.2. The van der Waals surface area contributed by atoms with Crippen LogP contribution in [0.15, 0.2) is 59.9 Å². The molecule has 0 bridgehead atoms. The van der Waals surface area contributed by atoms with Crippen LogP contribution in [0.1, 0.15) is 11.1 Å². The van der Waals surface area contributed by atoms with Crippen molar-refractivity contribution >= 4 is 29.4 Å². The molecule has 0 atom stereocenters. The van der Waals surface area contributed by atoms with Crippen LogP contribution in [0.25, 0.3) is 11.3 Å². The molecule has 6 nitrogen and oxygen atoms in total. The van der Waals surface area contributed by atoms with Crippen LogP contribution in [0.3, 0.4) is 0 Å². The van der Waals surface area contributed by atoms with Gasteiger partial charge in [-0.25, -0.2) is 9.78 Å². The molecule has 27 heavy (non-hydrogen) atoms. The normalized spacial score (nSPS) is 10.4. The van der Waals surface area contributed by atoms with Gasteiger partial charge in [0.15, 0.2) is 5.16 Å². The number of imidazole rings is 1. The third-order valence-corrected chi connectivity index (χ3v) is 4.75. The molecule has 0 radical (unpaired) electrons. The van der Waals surface area contributed by atoms with Gasteiger partial charge in [0.1, 0.15) is 0 Å². The van der Waals surface area contributed by atoms with Gasteiger partial charge in [0.2, 0.25) is 5.91 Å². The maximum absolute atomic E-state index is 12.0. The molecule has 0 fully saturated rings. The minimum absolute atomic E-state index is 0.0854. The molecule has 3 N–H and O–H groups in total. The molecule has 2 aromatic carbocycles. The van der Waals surface area contributed by atoms with Crippen molar-refractivity contribution in [3.8, 4) is 11.3 Å². The molecule has 1 heterocycles. The summed E-state index contributed by atoms with van der Waals surface area (Å²) in [5.74, 6) is -0.304. The maximum atomic E-state index is 12.0. The number of carbonyl (C=O) groups excluding carboxylic acids is 2. The molecule has 0 unspecified atom stereocenters. The van der Waals surface area contributed by atoms with Crippen LogP contribution >= 0.6 is 11.8 Å². The molecule has 0 saturated carbocycles. The van der Waals surface area contributed by atoms with E-state index in [9.17, 15) is 9.59 Å². The van der Waals surface area contributed by atoms with Gasteiger partial charge in [0.25, 0.3) is 0 Å². The second-order valence-corrected chi connectivity index (χ2v) is 7.04. The topological polar surface area (TPSA) is 86.9 Å². The number of nitrogens with one attached hydrogen (secondary N) is 3. The van der Waals surface area contributed by atoms with Gasteiger partial charge in [-0.05, 0) is 31.0 Å². The van der Waals surface area contributed by atoms with Gasteiger partial charge in [-0.3, -0.25) is 10.1 Å². The average Bonchev–Trinajstić information content (AvgIpc) is 3.12. The second-order valence-electron chi connectivity index (χ2n) is 6.08. The first-order valence-corrected chi connectivity index (χ1v) is 9.41. The second kappa shape index (κ2) is 8.55. The SMILES string of the molecule is Cc1ccc(NC(=O)NC(=O)CSc2ncc(-c3ccccc3)[nH]2)c(C)c1. The Bertz CT molecular complexity index is 954. The summed E-state index contributed by atoms with van der Waals surface area (Å²) in [6, 6.07) is 14.9. The fourth-order valence-electron chi connectivity index (χ4n) is 2.54. The monoisotopic (exact) mass is 380 g/mol. The molecule has 0 aliphatic heterocycles. The average molecular weight is 380 g/mol. The van der Waals surface area contributed by atoms with Crippen molar-refractivity contribution in [3.05, 3.63) is 65.9 Å². The summed E-state index contributed by atoms with van der Waals surface area (Å²) in [4.78, 5) is 31.4. The quantitative estimate of drug-likeness (QED) is 0.581. The lowest BCUT2D eigenvalue weighted by atomic mass is 10.1. The fourth-order valence-corrected chi connectivity index (χ4v) is 3.19. The highest BCUT2D eigenvalue weighted by molar-refractivity contribution is 7.99. The molecule has 0 aliphatic carbocycles. The van der Waals surface area contributed by atoms with Crippen molar-refractivity contribution in [2.24, 2.45) is 0 Å². The Balaban J connectivity index is 1.49. The van der Waals surface area contributed by atoms with E-state index in [1.165, 1.54) is 11.8 Å². The molecule has 3 rings (SSSR count). The van der Waals surface area contributed by atoms with Gasteiger partial charge in [0, 0.05) is 5.69 Å². The minimum Gasteiger partial charge on any atom is -0.333 e. The number of rotatable bonds is 5. The Kier molecular flexibility index (Phi) is 5.93. The van der Waals surface area contributed by atoms with Gasteiger partial charge in [-0.15, -0.1) is 0 Å². The molecule has 3 amide bonds. The van der Waals surface area contributed by atoms with E-state index in [-0.39, 0.29) is 11.7 Å². The van der Waals surface area contributed by atoms with Gasteiger partial charge >= 0.3 is 6.03 Å². The number of imide groups is 1. The highest BCUT2D eigenvalue weighted by Gasteiger charge is 2.11. The summed E-state index contributed by atoms with van der Waals surface area (Å²) in [6.07, 6.45) is 1.72. The number of anilines is 1. The number of benzene rings is 2. The van der Waals surface area contributed by atoms with Crippen LogP contribution < -0.4 is 10.6 Å². The first-order valence-electron chi connectivity index (χ1n) is 8.42. The van der Waals surface area contributed by atoms with Crippen LogP contribution in [0, 0.1) is 13.8 Å². The van der Waals surface area contributed by atoms with Crippen LogP contribution in [0.4, 0.5) is 10.5 Å². The summed E-state index contributed by atoms with van der Waals surface area (Å²) in [5, 5.41) is 5.64. The van der Waals surface area contributed by atoms with E-state index >= 15 is 0 Å². The maximum Gasteiger partial charge on any atom is 0.325 e. The third kappa shape index (κ3) is 5.21. The van der Waals surface area contributed by atoms with Crippen molar-refractivity contribution in [3.63, 3.8) is 0 Å². The van der Waals surface area contributed by atoms with Gasteiger partial charge in [-0.2, -0.15) is 0 Å². The van der Waals surface area contributed by atoms with Crippen LogP contribution in [-0.2, 0) is 4.79 Å². The van der Waals surface area contributed by atoms with E-state index in [2.05, 4.69) is 20.6 Å². The Morgan fingerprint density at radius 1 is 1.11 bits per heavy atom. The Morgan fingerprint density at radius 2 is 1.89 bits per heavy atom. The standard InChI is InChI=1S/C20H20N4O2S/c1-13-8-9-16(14(2)10-13)22-19(26)24-18(25)12-27-20-21-11-17(23-20)15-6-4-3-5-7-15/h3-11H,12H2,1-2H3,(H,21,23)(H2,22,24,25,26). The summed E-state index contributed by atoms with van der Waals surface area (Å²) in [5.41, 5.74) is 4.63. The molecule has 7 heteroatoms. The van der Waals surface area contributed by atoms with Crippen LogP contribution in [0.2, 0.25) is 0 Å². The number of amides is 3. The number of thioether (sulfide) groups is 1. The Hall–Kier alpha value is -3.06. The fraction of sp³-hybridized carbons (Fsp3) is 0.150. The predicted octanol–water partition coefficient (Wildman–Crippen LogP) is 4.13. The lowest BCUT2D eigenvalue weighted by Crippen LogP contribution is -2.35. The number of hydrogen-bond acceptors (Lipinski definition) is 4. The zero-order valence-electron chi connectivity index (χ0n) is 15.1. The summed E-state index contributed by atoms with van der Waals surface area (Å²) in [6.45, 7) is 3.89. The van der Waals surface area contributed by atoms with Gasteiger partial charge in [0.05, 0.1) is 17.6 Å². The molecule has 0 spiro atoms. The number of aromatic nitrogens is 2. The van der Waals surface area contributed by atoms with E-state index in [4.69, 9.17) is 0 Å². The third-order valence-electron chi connectivity index (χ3n) is 3.86. The van der Waals surface area contributed by atoms with Gasteiger partial charge in [-0.1, -0.05) is 59.8 Å². The van der Waals surface area contributed by atoms with E-state index in [1.54, 1.807) is 6.20 Å². The molecular weight excluding hydrogens is 360 g/mol. The molecule has 3 aromatic rings. The van der Waals surface area contributed by atoms with Crippen molar-refractivity contribution in [1.82, 2.24) is 15.3 Å². The molecule has 0 aliphatic rings. The molecule has 0 saturated heterocycles. The highest BCUT2D eigenvalue weighted by Crippen LogP contribution is 2.21. The van der Waals surface area contributed by atoms with Crippen molar-refractivity contribution in [2.45, 2.75) is 19.0 Å². The smallest absolute Gasteiger partial charge is 0.325 e. The first-order chi connectivity index (χ1) is 13.0. The first kappa shape index (κ1) is 18.7. The zero-order valence-corrected chi connectivity index (χ0v) is 15.9. The number of nitrogens with zero attached hydrogens (tertiary/aromatic N) is 1. The van der Waals surface area contributed by atoms with Gasteiger partial charge < -0.3 is 10.3 Å². The molecule has 1 aromatic heterocycles. The number of aromatic amines is 1. The summed E-state index contributed by atoms with van der Waals surface area (Å²) < 4.78 is 0. The van der Waals surface area contributed by atoms with Crippen molar-refractivity contribution < 1.29 is 9.59 Å². The summed E-state index contributed by atoms with van der Waals surface area (Å²) in [7, 11) is 0. The highest BCUT2D eigenvalue weighted by atomic mass is 32.2. The van der Waals surface area contributed by atoms with E-state index in [0.717, 1.165) is 22.4 Å². The number of carbonyl (C=O) groups is 2. The Labute approximate surface area is 161 Å². The van der Waals surface area contributed by atoms with Crippen molar-refractivity contribution in [2.75, 3.05) is 11.1 Å². The Morgan fingerprint density at radius 3 is 2.63 bits per heavy atom. The van der Waals surface area contributed by atoms with E-state index < -0.39 is 6.03 Å². The summed E-state index contributed by atoms with van der Waals surface area (Å²) >= 11 is 1.24.